The van der Waals surface area contributed by atoms with Gasteiger partial charge in [0.15, 0.2) is 5.13 Å². The third-order valence-electron chi connectivity index (χ3n) is 14.8. The molecule has 5 amide bonds. The van der Waals surface area contributed by atoms with Gasteiger partial charge in [-0.05, 0) is 118 Å². The number of thiazole rings is 1. The van der Waals surface area contributed by atoms with Crippen LogP contribution in [0, 0.1) is 11.7 Å². The zero-order valence-corrected chi connectivity index (χ0v) is 52.2. The summed E-state index contributed by atoms with van der Waals surface area (Å²) < 4.78 is 72.3. The topological polar surface area (TPSA) is 240 Å². The van der Waals surface area contributed by atoms with Crippen LogP contribution < -0.4 is 31.3 Å². The van der Waals surface area contributed by atoms with Gasteiger partial charge in [0.1, 0.15) is 30.0 Å². The summed E-state index contributed by atoms with van der Waals surface area (Å²) in [6, 6.07) is 20.6. The summed E-state index contributed by atoms with van der Waals surface area (Å²) in [5.74, 6) is 1.78. The van der Waals surface area contributed by atoms with Crippen LogP contribution in [0.15, 0.2) is 107 Å². The van der Waals surface area contributed by atoms with Crippen LogP contribution >= 0.6 is 22.9 Å². The molecule has 482 valence electrons. The molecule has 3 heterocycles. The van der Waals surface area contributed by atoms with E-state index < -0.39 is 48.0 Å². The maximum absolute atomic E-state index is 14.6. The van der Waals surface area contributed by atoms with Gasteiger partial charge >= 0.3 is 6.03 Å². The van der Waals surface area contributed by atoms with Gasteiger partial charge in [0.25, 0.3) is 0 Å². The molecule has 26 heteroatoms. The number of aliphatic imine (C=N–C) groups is 1. The van der Waals surface area contributed by atoms with Gasteiger partial charge in [0, 0.05) is 106 Å². The quantitative estimate of drug-likeness (QED) is 0.0126. The number of aryl methyl sites for hydroxylation is 1. The maximum Gasteiger partial charge on any atom is 0.325 e. The monoisotopic (exact) mass is 1270 g/mol. The van der Waals surface area contributed by atoms with Crippen LogP contribution in [0.5, 0.6) is 11.5 Å². The summed E-state index contributed by atoms with van der Waals surface area (Å²) in [5.41, 5.74) is 3.54. The number of alkyl halides is 2. The number of anilines is 2. The van der Waals surface area contributed by atoms with Crippen molar-refractivity contribution in [2.24, 2.45) is 21.9 Å². The minimum atomic E-state index is -2.87. The Morgan fingerprint density at radius 3 is 2.26 bits per heavy atom. The number of hydrazone groups is 1. The minimum absolute atomic E-state index is 0.0183. The fraction of sp³-hybridized carbons (Fsp3) is 0.492. The van der Waals surface area contributed by atoms with E-state index in [4.69, 9.17) is 41.1 Å². The lowest BCUT2D eigenvalue weighted by molar-refractivity contribution is -0.141. The molecule has 0 radical (unpaired) electrons. The number of amides is 5. The Balaban J connectivity index is 0.682. The lowest BCUT2D eigenvalue weighted by Crippen LogP contribution is -2.47. The predicted molar refractivity (Wildman–Crippen MR) is 338 cm³/mol. The fourth-order valence-electron chi connectivity index (χ4n) is 9.85. The van der Waals surface area contributed by atoms with Crippen molar-refractivity contribution < 1.29 is 56.0 Å². The molecule has 5 aromatic rings. The first-order chi connectivity index (χ1) is 43.1. The number of hydrogen-bond acceptors (Lipinski definition) is 17. The molecule has 2 fully saturated rings. The summed E-state index contributed by atoms with van der Waals surface area (Å²) in [5, 5.41) is 14.9. The molecule has 2 atom stereocenters. The number of rotatable bonds is 37. The van der Waals surface area contributed by atoms with E-state index in [-0.39, 0.29) is 50.2 Å². The lowest BCUT2D eigenvalue weighted by atomic mass is 10.00. The van der Waals surface area contributed by atoms with Crippen molar-refractivity contribution in [3.63, 3.8) is 0 Å². The second kappa shape index (κ2) is 37.0. The number of aromatic nitrogens is 2. The molecule has 1 aliphatic carbocycles. The summed E-state index contributed by atoms with van der Waals surface area (Å²) in [7, 11) is 4.08. The minimum Gasteiger partial charge on any atom is -0.494 e. The van der Waals surface area contributed by atoms with E-state index >= 15 is 0 Å². The Kier molecular flexibility index (Phi) is 28.8. The van der Waals surface area contributed by atoms with E-state index in [0.717, 1.165) is 62.4 Å². The Morgan fingerprint density at radius 1 is 0.843 bits per heavy atom. The fourth-order valence-corrected chi connectivity index (χ4v) is 10.7. The molecule has 2 aromatic heterocycles. The van der Waals surface area contributed by atoms with Gasteiger partial charge in [-0.2, -0.15) is 5.10 Å². The van der Waals surface area contributed by atoms with Crippen LogP contribution in [0.3, 0.4) is 0 Å². The van der Waals surface area contributed by atoms with E-state index in [1.54, 1.807) is 60.1 Å². The standard InChI is InChI=1S/C63H82ClF3N12O9S/c1-76(23-3-4-29-87-55-14-7-46(8-15-55)9-18-57(80)79(44-48-19-21-63(66,67)39-48)59(49-37-51(65)42-70-41-49)60(82)71-40-47-5-10-50(64)11-6-47)28-32-86-34-33-84-30-20-53(75-68)43-69-22-31-85-35-36-88-56-16-12-52(13-17-56)72-61(83)74-62-73-54(45-89-62)38-58(81)78-26-24-77(2)25-27-78/h5-8,10-17,37,41-43,45,48,59H,3-4,9,18-36,38-40,44,68H2,1-2H3,(H,71,82)(H2,72,73,74,83)/b69-43?,75-53-. The lowest BCUT2D eigenvalue weighted by Gasteiger charge is -2.33. The first kappa shape index (κ1) is 69.2. The van der Waals surface area contributed by atoms with E-state index in [1.165, 1.54) is 22.4 Å². The normalized spacial score (nSPS) is 15.5. The van der Waals surface area contributed by atoms with Crippen molar-refractivity contribution in [2.45, 2.75) is 76.3 Å². The molecule has 1 saturated carbocycles. The van der Waals surface area contributed by atoms with Crippen molar-refractivity contribution in [3.8, 4) is 11.5 Å². The highest BCUT2D eigenvalue weighted by Gasteiger charge is 2.42. The van der Waals surface area contributed by atoms with Crippen molar-refractivity contribution in [1.82, 2.24) is 34.9 Å². The number of carbonyl (C=O) groups is 4. The van der Waals surface area contributed by atoms with Crippen LogP contribution in [0.1, 0.15) is 73.4 Å². The number of pyridine rings is 1. The zero-order chi connectivity index (χ0) is 63.2. The van der Waals surface area contributed by atoms with Crippen molar-refractivity contribution in [1.29, 1.82) is 0 Å². The number of nitrogens with zero attached hydrogens (tertiary/aromatic N) is 8. The summed E-state index contributed by atoms with van der Waals surface area (Å²) in [4.78, 5) is 73.6. The molecule has 1 aliphatic heterocycles. The average Bonchev–Trinajstić information content (AvgIpc) is 3.13. The van der Waals surface area contributed by atoms with Gasteiger partial charge in [-0.1, -0.05) is 35.9 Å². The van der Waals surface area contributed by atoms with Crippen molar-refractivity contribution >= 4 is 69.4 Å². The average molecular weight is 1280 g/mol. The molecule has 21 nitrogen and oxygen atoms in total. The second-order valence-corrected chi connectivity index (χ2v) is 23.2. The number of hydrogen-bond donors (Lipinski definition) is 4. The number of unbranched alkanes of at least 4 members (excludes halogenated alkanes) is 1. The van der Waals surface area contributed by atoms with Crippen molar-refractivity contribution in [3.05, 3.63) is 130 Å². The SMILES string of the molecule is CN(CCCCOc1ccc(CCC(=O)N(CC2CCC(F)(F)C2)C(C(=O)NCc2ccc(Cl)cc2)c2cncc(F)c2)cc1)CCOCCOCC/C(C=NCCOCCOc1ccc(NC(=O)Nc2nc(CC(=O)N3CCN(C)CC3)cs2)cc1)=N/N. The molecule has 0 spiro atoms. The number of nitrogens with one attached hydrogen (secondary N) is 3. The van der Waals surface area contributed by atoms with E-state index in [0.29, 0.717) is 124 Å². The van der Waals surface area contributed by atoms with Crippen LogP contribution in [-0.2, 0) is 48.0 Å². The van der Waals surface area contributed by atoms with Crippen molar-refractivity contribution in [2.75, 3.05) is 130 Å². The molecule has 2 aliphatic rings. The Morgan fingerprint density at radius 2 is 1.54 bits per heavy atom. The molecule has 3 aromatic carbocycles. The van der Waals surface area contributed by atoms with Gasteiger partial charge in [-0.25, -0.2) is 22.9 Å². The second-order valence-electron chi connectivity index (χ2n) is 21.9. The van der Waals surface area contributed by atoms with E-state index in [1.807, 2.05) is 43.3 Å². The number of likely N-dealkylation sites (N-methyl/N-ethyl adjacent to an activating group) is 2. The summed E-state index contributed by atoms with van der Waals surface area (Å²) in [6.07, 6.45) is 6.14. The number of benzene rings is 3. The molecule has 0 bridgehead atoms. The number of carbonyl (C=O) groups excluding carboxylic acids is 4. The molecular formula is C63H82ClF3N12O9S. The molecule has 89 heavy (non-hydrogen) atoms. The molecular weight excluding hydrogens is 1190 g/mol. The van der Waals surface area contributed by atoms with E-state index in [9.17, 15) is 32.3 Å². The maximum atomic E-state index is 14.6. The van der Waals surface area contributed by atoms with Gasteiger partial charge in [0.2, 0.25) is 23.6 Å². The summed E-state index contributed by atoms with van der Waals surface area (Å²) in [6.45, 7) is 8.57. The first-order valence-electron chi connectivity index (χ1n) is 30.0. The first-order valence-corrected chi connectivity index (χ1v) is 31.3. The van der Waals surface area contributed by atoms with Crippen LogP contribution in [0.2, 0.25) is 5.02 Å². The van der Waals surface area contributed by atoms with Gasteiger partial charge < -0.3 is 59.8 Å². The Labute approximate surface area is 527 Å². The Bertz CT molecular complexity index is 3030. The summed E-state index contributed by atoms with van der Waals surface area (Å²) >= 11 is 7.31. The van der Waals surface area contributed by atoms with Gasteiger partial charge in [0.05, 0.1) is 76.8 Å². The number of halogens is 4. The molecule has 5 N–H and O–H groups in total. The van der Waals surface area contributed by atoms with Crippen LogP contribution in [0.25, 0.3) is 0 Å². The third kappa shape index (κ3) is 25.3. The van der Waals surface area contributed by atoms with Gasteiger partial charge in [-0.3, -0.25) is 29.7 Å². The number of ether oxygens (including phenoxy) is 5. The highest BCUT2D eigenvalue weighted by molar-refractivity contribution is 7.14. The largest absolute Gasteiger partial charge is 0.494 e. The zero-order valence-electron chi connectivity index (χ0n) is 50.6. The van der Waals surface area contributed by atoms with Crippen LogP contribution in [0.4, 0.5) is 28.8 Å². The van der Waals surface area contributed by atoms with Gasteiger partial charge in [-0.15, -0.1) is 11.3 Å². The number of piperazine rings is 1. The van der Waals surface area contributed by atoms with Crippen LogP contribution in [-0.4, -0.2) is 190 Å². The smallest absolute Gasteiger partial charge is 0.325 e. The molecule has 7 rings (SSSR count). The predicted octanol–water partition coefficient (Wildman–Crippen LogP) is 8.54. The molecule has 1 saturated heterocycles. The number of nitrogens with two attached hydrogens (primary N) is 1. The molecule has 2 unspecified atom stereocenters. The Hall–Kier alpha value is -7.26. The van der Waals surface area contributed by atoms with E-state index in [2.05, 4.69) is 45.8 Å². The number of urea groups is 1. The highest BCUT2D eigenvalue weighted by Crippen LogP contribution is 2.40. The highest BCUT2D eigenvalue weighted by atomic mass is 35.5. The third-order valence-corrected chi connectivity index (χ3v) is 15.9.